The van der Waals surface area contributed by atoms with Gasteiger partial charge in [-0.25, -0.2) is 4.79 Å². The quantitative estimate of drug-likeness (QED) is 0.846. The summed E-state index contributed by atoms with van der Waals surface area (Å²) in [6.07, 6.45) is -6.27. The van der Waals surface area contributed by atoms with E-state index in [-0.39, 0.29) is 10.7 Å². The molecule has 0 bridgehead atoms. The van der Waals surface area contributed by atoms with E-state index in [1.165, 1.54) is 19.1 Å². The SMILES string of the molecule is CC#CCO[C@]1(C(F)(F)F)OC(=O)Nc2ccc(Cl)cc21. The molecule has 1 amide bonds. The van der Waals surface area contributed by atoms with Crippen LogP contribution < -0.4 is 5.32 Å². The number of cyclic esters (lactones) is 1. The third kappa shape index (κ3) is 2.77. The number of ether oxygens (including phenoxy) is 2. The third-order valence-electron chi connectivity index (χ3n) is 2.71. The molecule has 0 aromatic heterocycles. The summed E-state index contributed by atoms with van der Waals surface area (Å²) in [7, 11) is 0. The third-order valence-corrected chi connectivity index (χ3v) is 2.94. The summed E-state index contributed by atoms with van der Waals surface area (Å²) >= 11 is 5.73. The number of anilines is 1. The second kappa shape index (κ2) is 5.47. The fraction of sp³-hybridized carbons (Fsp3) is 0.308. The van der Waals surface area contributed by atoms with Crippen LogP contribution >= 0.6 is 11.6 Å². The maximum Gasteiger partial charge on any atom is 0.460 e. The lowest BCUT2D eigenvalue weighted by atomic mass is 10.0. The molecule has 1 atom stereocenters. The first-order valence-corrected chi connectivity index (χ1v) is 6.08. The lowest BCUT2D eigenvalue weighted by Crippen LogP contribution is -2.52. The summed E-state index contributed by atoms with van der Waals surface area (Å²) in [4.78, 5) is 11.4. The molecule has 0 aliphatic carbocycles. The van der Waals surface area contributed by atoms with Crippen molar-refractivity contribution in [1.82, 2.24) is 0 Å². The number of rotatable bonds is 2. The van der Waals surface area contributed by atoms with Crippen LogP contribution in [0.3, 0.4) is 0 Å². The molecule has 0 saturated heterocycles. The van der Waals surface area contributed by atoms with Gasteiger partial charge in [-0.05, 0) is 25.1 Å². The van der Waals surface area contributed by atoms with Gasteiger partial charge in [-0.3, -0.25) is 5.32 Å². The zero-order valence-corrected chi connectivity index (χ0v) is 11.4. The van der Waals surface area contributed by atoms with Crippen LogP contribution in [0.15, 0.2) is 18.2 Å². The summed E-state index contributed by atoms with van der Waals surface area (Å²) in [6.45, 7) is 0.887. The van der Waals surface area contributed by atoms with E-state index < -0.39 is 30.2 Å². The van der Waals surface area contributed by atoms with Crippen LogP contribution in [-0.2, 0) is 15.3 Å². The maximum absolute atomic E-state index is 13.5. The number of halogens is 4. The van der Waals surface area contributed by atoms with Gasteiger partial charge in [0.05, 0.1) is 11.3 Å². The normalized spacial score (nSPS) is 20.7. The molecule has 112 valence electrons. The number of nitrogens with one attached hydrogen (secondary N) is 1. The second-order valence-corrected chi connectivity index (χ2v) is 4.47. The molecule has 1 heterocycles. The lowest BCUT2D eigenvalue weighted by molar-refractivity contribution is -0.368. The molecule has 1 aromatic rings. The largest absolute Gasteiger partial charge is 0.460 e. The van der Waals surface area contributed by atoms with E-state index in [1.54, 1.807) is 0 Å². The molecule has 0 radical (unpaired) electrons. The van der Waals surface area contributed by atoms with E-state index >= 15 is 0 Å². The number of benzene rings is 1. The van der Waals surface area contributed by atoms with Gasteiger partial charge in [-0.15, -0.1) is 5.92 Å². The lowest BCUT2D eigenvalue weighted by Gasteiger charge is -2.38. The van der Waals surface area contributed by atoms with Gasteiger partial charge in [0.25, 0.3) is 0 Å². The Morgan fingerprint density at radius 1 is 1.48 bits per heavy atom. The van der Waals surface area contributed by atoms with Crippen LogP contribution in [0.25, 0.3) is 0 Å². The topological polar surface area (TPSA) is 47.6 Å². The van der Waals surface area contributed by atoms with E-state index in [2.05, 4.69) is 21.9 Å². The molecule has 1 aromatic carbocycles. The molecular formula is C13H9ClF3NO3. The molecule has 1 aliphatic rings. The van der Waals surface area contributed by atoms with Crippen molar-refractivity contribution in [3.8, 4) is 11.8 Å². The van der Waals surface area contributed by atoms with Gasteiger partial charge >= 0.3 is 18.1 Å². The summed E-state index contributed by atoms with van der Waals surface area (Å²) < 4.78 is 49.7. The number of amides is 1. The summed E-state index contributed by atoms with van der Waals surface area (Å²) in [5.74, 6) is 1.50. The highest BCUT2D eigenvalue weighted by Crippen LogP contribution is 2.48. The van der Waals surface area contributed by atoms with Gasteiger partial charge in [0.15, 0.2) is 0 Å². The molecule has 0 saturated carbocycles. The Balaban J connectivity index is 2.60. The van der Waals surface area contributed by atoms with Crippen LogP contribution in [0, 0.1) is 11.8 Å². The van der Waals surface area contributed by atoms with Gasteiger partial charge in [0, 0.05) is 5.02 Å². The molecule has 2 rings (SSSR count). The average Bonchev–Trinajstić information content (AvgIpc) is 2.38. The van der Waals surface area contributed by atoms with Crippen molar-refractivity contribution in [2.45, 2.75) is 18.9 Å². The summed E-state index contributed by atoms with van der Waals surface area (Å²) in [6, 6.07) is 3.62. The molecule has 1 N–H and O–H groups in total. The van der Waals surface area contributed by atoms with Crippen molar-refractivity contribution in [3.63, 3.8) is 0 Å². The van der Waals surface area contributed by atoms with Gasteiger partial charge in [-0.1, -0.05) is 17.5 Å². The van der Waals surface area contributed by atoms with Crippen LogP contribution in [0.4, 0.5) is 23.7 Å². The van der Waals surface area contributed by atoms with Gasteiger partial charge in [-0.2, -0.15) is 13.2 Å². The first-order valence-electron chi connectivity index (χ1n) is 5.70. The molecule has 1 aliphatic heterocycles. The minimum absolute atomic E-state index is 0.0484. The number of hydrogen-bond donors (Lipinski definition) is 1. The Hall–Kier alpha value is -1.91. The first kappa shape index (κ1) is 15.5. The zero-order chi connectivity index (χ0) is 15.7. The van der Waals surface area contributed by atoms with Crippen LogP contribution in [-0.4, -0.2) is 18.9 Å². The number of alkyl halides is 3. The predicted octanol–water partition coefficient (Wildman–Crippen LogP) is 3.66. The Bertz CT molecular complexity index is 636. The van der Waals surface area contributed by atoms with Crippen LogP contribution in [0.2, 0.25) is 5.02 Å². The highest BCUT2D eigenvalue weighted by molar-refractivity contribution is 6.30. The van der Waals surface area contributed by atoms with Crippen LogP contribution in [0.1, 0.15) is 12.5 Å². The first-order chi connectivity index (χ1) is 9.80. The molecule has 0 spiro atoms. The average molecular weight is 320 g/mol. The molecule has 8 heteroatoms. The predicted molar refractivity (Wildman–Crippen MR) is 68.7 cm³/mol. The molecule has 0 unspecified atom stereocenters. The van der Waals surface area contributed by atoms with E-state index in [0.29, 0.717) is 0 Å². The summed E-state index contributed by atoms with van der Waals surface area (Å²) in [5, 5.41) is 2.22. The van der Waals surface area contributed by atoms with Crippen molar-refractivity contribution >= 4 is 23.4 Å². The number of fused-ring (bicyclic) bond motifs is 1. The van der Waals surface area contributed by atoms with Crippen LogP contribution in [0.5, 0.6) is 0 Å². The second-order valence-electron chi connectivity index (χ2n) is 4.03. The van der Waals surface area contributed by atoms with Gasteiger partial charge < -0.3 is 9.47 Å². The monoisotopic (exact) mass is 319 g/mol. The van der Waals surface area contributed by atoms with E-state index in [9.17, 15) is 18.0 Å². The van der Waals surface area contributed by atoms with Crippen molar-refractivity contribution < 1.29 is 27.4 Å². The smallest absolute Gasteiger partial charge is 0.402 e. The minimum atomic E-state index is -5.00. The number of carbonyl (C=O) groups excluding carboxylic acids is 1. The fourth-order valence-corrected chi connectivity index (χ4v) is 2.00. The van der Waals surface area contributed by atoms with Crippen molar-refractivity contribution in [2.24, 2.45) is 0 Å². The minimum Gasteiger partial charge on any atom is -0.402 e. The van der Waals surface area contributed by atoms with Crippen molar-refractivity contribution in [2.75, 3.05) is 11.9 Å². The number of hydrogen-bond acceptors (Lipinski definition) is 3. The van der Waals surface area contributed by atoms with E-state index in [1.807, 2.05) is 0 Å². The molecule has 4 nitrogen and oxygen atoms in total. The standard InChI is InChI=1S/C13H9ClF3NO3/c1-2-3-6-20-12(13(15,16)17)9-7-8(14)4-5-10(9)18-11(19)21-12/h4-5,7H,6H2,1H3,(H,18,19)/t12-/m0/s1. The molecule has 0 fully saturated rings. The van der Waals surface area contributed by atoms with Gasteiger partial charge in [0.1, 0.15) is 6.61 Å². The molecular weight excluding hydrogens is 311 g/mol. The Morgan fingerprint density at radius 2 is 2.19 bits per heavy atom. The highest BCUT2D eigenvalue weighted by Gasteiger charge is 2.64. The van der Waals surface area contributed by atoms with Crippen molar-refractivity contribution in [1.29, 1.82) is 0 Å². The fourth-order valence-electron chi connectivity index (χ4n) is 1.83. The Labute approximate surface area is 123 Å². The summed E-state index contributed by atoms with van der Waals surface area (Å²) in [5.41, 5.74) is -0.516. The molecule has 21 heavy (non-hydrogen) atoms. The highest BCUT2D eigenvalue weighted by atomic mass is 35.5. The Kier molecular flexibility index (Phi) is 4.03. The maximum atomic E-state index is 13.5. The van der Waals surface area contributed by atoms with Crippen molar-refractivity contribution in [3.05, 3.63) is 28.8 Å². The van der Waals surface area contributed by atoms with Gasteiger partial charge in [0.2, 0.25) is 0 Å². The van der Waals surface area contributed by atoms with E-state index in [4.69, 9.17) is 16.3 Å². The van der Waals surface area contributed by atoms with E-state index in [0.717, 1.165) is 6.07 Å². The number of carbonyl (C=O) groups is 1. The zero-order valence-electron chi connectivity index (χ0n) is 10.7. The Morgan fingerprint density at radius 3 is 2.81 bits per heavy atom.